The molecule has 4 heteroatoms. The van der Waals surface area contributed by atoms with E-state index in [-0.39, 0.29) is 0 Å². The quantitative estimate of drug-likeness (QED) is 0.514. The van der Waals surface area contributed by atoms with Gasteiger partial charge in [0, 0.05) is 7.05 Å². The van der Waals surface area contributed by atoms with Crippen molar-refractivity contribution in [2.45, 2.75) is 11.9 Å². The van der Waals surface area contributed by atoms with E-state index in [0.29, 0.717) is 5.03 Å². The molecule has 0 saturated heterocycles. The highest BCUT2D eigenvalue weighted by Crippen LogP contribution is 2.04. The standard InChI is InChI=1S/C4H7N3S/c1-3-4(8)5-6-7(3)2/h8H,1-2H3. The Kier molecular flexibility index (Phi) is 1.25. The molecule has 1 rings (SSSR count). The van der Waals surface area contributed by atoms with E-state index in [4.69, 9.17) is 0 Å². The molecule has 0 fully saturated rings. The second-order valence-corrected chi connectivity index (χ2v) is 2.05. The van der Waals surface area contributed by atoms with E-state index < -0.39 is 0 Å². The lowest BCUT2D eigenvalue weighted by Gasteiger charge is -1.87. The van der Waals surface area contributed by atoms with Gasteiger partial charge < -0.3 is 0 Å². The summed E-state index contributed by atoms with van der Waals surface area (Å²) in [5.74, 6) is 0. The molecule has 0 radical (unpaired) electrons. The van der Waals surface area contributed by atoms with Crippen LogP contribution in [0.1, 0.15) is 5.69 Å². The number of thiol groups is 1. The summed E-state index contributed by atoms with van der Waals surface area (Å²) in [6.07, 6.45) is 0. The van der Waals surface area contributed by atoms with Gasteiger partial charge in [-0.3, -0.25) is 4.68 Å². The van der Waals surface area contributed by atoms with Crippen LogP contribution in [-0.4, -0.2) is 15.0 Å². The fourth-order valence-corrected chi connectivity index (χ4v) is 0.578. The molecule has 0 bridgehead atoms. The Balaban J connectivity index is 3.19. The first kappa shape index (κ1) is 5.62. The highest BCUT2D eigenvalue weighted by Gasteiger charge is 1.97. The van der Waals surface area contributed by atoms with E-state index in [1.807, 2.05) is 14.0 Å². The van der Waals surface area contributed by atoms with Gasteiger partial charge in [-0.2, -0.15) is 0 Å². The molecule has 0 amide bonds. The Morgan fingerprint density at radius 3 is 2.38 bits per heavy atom. The fraction of sp³-hybridized carbons (Fsp3) is 0.500. The largest absolute Gasteiger partial charge is 0.252 e. The Bertz CT molecular complexity index is 174. The lowest BCUT2D eigenvalue weighted by atomic mass is 10.5. The average molecular weight is 129 g/mol. The van der Waals surface area contributed by atoms with Gasteiger partial charge in [-0.15, -0.1) is 17.7 Å². The van der Waals surface area contributed by atoms with Crippen molar-refractivity contribution in [1.82, 2.24) is 15.0 Å². The summed E-state index contributed by atoms with van der Waals surface area (Å²) in [6, 6.07) is 0. The number of hydrogen-bond donors (Lipinski definition) is 1. The van der Waals surface area contributed by atoms with Crippen LogP contribution in [0.25, 0.3) is 0 Å². The zero-order chi connectivity index (χ0) is 6.15. The second-order valence-electron chi connectivity index (χ2n) is 1.62. The van der Waals surface area contributed by atoms with Crippen LogP contribution in [-0.2, 0) is 7.05 Å². The SMILES string of the molecule is Cc1c(S)nnn1C. The molecule has 0 aliphatic rings. The number of aryl methyl sites for hydroxylation is 1. The molecule has 1 heterocycles. The van der Waals surface area contributed by atoms with Gasteiger partial charge in [-0.1, -0.05) is 5.21 Å². The van der Waals surface area contributed by atoms with E-state index in [9.17, 15) is 0 Å². The van der Waals surface area contributed by atoms with Gasteiger partial charge in [0.15, 0.2) is 0 Å². The molecule has 0 spiro atoms. The minimum Gasteiger partial charge on any atom is -0.252 e. The number of aromatic nitrogens is 3. The van der Waals surface area contributed by atoms with Gasteiger partial charge in [-0.25, -0.2) is 0 Å². The molecule has 0 aliphatic heterocycles. The zero-order valence-electron chi connectivity index (χ0n) is 4.79. The van der Waals surface area contributed by atoms with Crippen LogP contribution in [0.4, 0.5) is 0 Å². The van der Waals surface area contributed by atoms with Crippen molar-refractivity contribution >= 4 is 12.6 Å². The summed E-state index contributed by atoms with van der Waals surface area (Å²) in [4.78, 5) is 0. The molecule has 0 atom stereocenters. The van der Waals surface area contributed by atoms with Crippen LogP contribution in [0.15, 0.2) is 5.03 Å². The molecule has 0 aromatic carbocycles. The van der Waals surface area contributed by atoms with Crippen molar-refractivity contribution < 1.29 is 0 Å². The second kappa shape index (κ2) is 1.78. The van der Waals surface area contributed by atoms with Crippen molar-refractivity contribution in [2.24, 2.45) is 7.05 Å². The topological polar surface area (TPSA) is 30.7 Å². The Morgan fingerprint density at radius 2 is 2.25 bits per heavy atom. The van der Waals surface area contributed by atoms with Gasteiger partial charge in [-0.05, 0) is 6.92 Å². The number of hydrogen-bond acceptors (Lipinski definition) is 3. The minimum atomic E-state index is 0.701. The third-order valence-corrected chi connectivity index (χ3v) is 1.50. The van der Waals surface area contributed by atoms with Crippen molar-refractivity contribution in [2.75, 3.05) is 0 Å². The zero-order valence-corrected chi connectivity index (χ0v) is 5.68. The summed E-state index contributed by atoms with van der Waals surface area (Å²) in [7, 11) is 1.84. The van der Waals surface area contributed by atoms with Crippen molar-refractivity contribution in [3.63, 3.8) is 0 Å². The van der Waals surface area contributed by atoms with Crippen LogP contribution in [0.2, 0.25) is 0 Å². The monoisotopic (exact) mass is 129 g/mol. The number of nitrogens with zero attached hydrogens (tertiary/aromatic N) is 3. The van der Waals surface area contributed by atoms with Crippen molar-refractivity contribution in [3.8, 4) is 0 Å². The first-order chi connectivity index (χ1) is 3.72. The molecule has 44 valence electrons. The van der Waals surface area contributed by atoms with E-state index in [2.05, 4.69) is 22.9 Å². The summed E-state index contributed by atoms with van der Waals surface area (Å²) < 4.78 is 1.68. The lowest BCUT2D eigenvalue weighted by molar-refractivity contribution is 0.696. The molecule has 0 N–H and O–H groups in total. The van der Waals surface area contributed by atoms with E-state index >= 15 is 0 Å². The van der Waals surface area contributed by atoms with E-state index in [1.165, 1.54) is 0 Å². The Morgan fingerprint density at radius 1 is 1.62 bits per heavy atom. The van der Waals surface area contributed by atoms with Crippen LogP contribution in [0.5, 0.6) is 0 Å². The van der Waals surface area contributed by atoms with E-state index in [1.54, 1.807) is 4.68 Å². The Labute approximate surface area is 53.1 Å². The van der Waals surface area contributed by atoms with Gasteiger partial charge in [0.2, 0.25) is 0 Å². The van der Waals surface area contributed by atoms with Gasteiger partial charge >= 0.3 is 0 Å². The number of rotatable bonds is 0. The van der Waals surface area contributed by atoms with Crippen LogP contribution in [0, 0.1) is 6.92 Å². The lowest BCUT2D eigenvalue weighted by Crippen LogP contribution is -1.91. The summed E-state index contributed by atoms with van der Waals surface area (Å²) >= 11 is 4.02. The summed E-state index contributed by atoms with van der Waals surface area (Å²) in [5, 5.41) is 8.10. The van der Waals surface area contributed by atoms with Crippen molar-refractivity contribution in [1.29, 1.82) is 0 Å². The first-order valence-corrected chi connectivity index (χ1v) is 2.72. The maximum Gasteiger partial charge on any atom is 0.138 e. The molecule has 8 heavy (non-hydrogen) atoms. The minimum absolute atomic E-state index is 0.701. The molecular weight excluding hydrogens is 122 g/mol. The first-order valence-electron chi connectivity index (χ1n) is 2.27. The maximum absolute atomic E-state index is 4.02. The van der Waals surface area contributed by atoms with Gasteiger partial charge in [0.05, 0.1) is 5.69 Å². The van der Waals surface area contributed by atoms with Gasteiger partial charge in [0.25, 0.3) is 0 Å². The van der Waals surface area contributed by atoms with Crippen LogP contribution >= 0.6 is 12.6 Å². The maximum atomic E-state index is 4.02. The predicted molar refractivity (Wildman–Crippen MR) is 33.0 cm³/mol. The molecule has 0 unspecified atom stereocenters. The molecule has 1 aromatic heterocycles. The fourth-order valence-electron chi connectivity index (χ4n) is 0.394. The third kappa shape index (κ3) is 0.709. The highest BCUT2D eigenvalue weighted by atomic mass is 32.1. The third-order valence-electron chi connectivity index (χ3n) is 1.08. The Hall–Kier alpha value is -0.510. The summed E-state index contributed by atoms with van der Waals surface area (Å²) in [5.41, 5.74) is 0.994. The van der Waals surface area contributed by atoms with Gasteiger partial charge in [0.1, 0.15) is 5.03 Å². The molecule has 3 nitrogen and oxygen atoms in total. The average Bonchev–Trinajstić information content (AvgIpc) is 1.98. The molecular formula is C4H7N3S. The molecule has 0 saturated carbocycles. The van der Waals surface area contributed by atoms with Crippen molar-refractivity contribution in [3.05, 3.63) is 5.69 Å². The predicted octanol–water partition coefficient (Wildman–Crippen LogP) is 0.412. The normalized spacial score (nSPS) is 9.88. The molecule has 1 aromatic rings. The highest BCUT2D eigenvalue weighted by molar-refractivity contribution is 7.80. The van der Waals surface area contributed by atoms with Crippen LogP contribution in [0.3, 0.4) is 0 Å². The summed E-state index contributed by atoms with van der Waals surface area (Å²) in [6.45, 7) is 1.92. The molecule has 0 aliphatic carbocycles. The van der Waals surface area contributed by atoms with Crippen LogP contribution < -0.4 is 0 Å². The van der Waals surface area contributed by atoms with E-state index in [0.717, 1.165) is 5.69 Å². The smallest absolute Gasteiger partial charge is 0.138 e.